The predicted molar refractivity (Wildman–Crippen MR) is 108 cm³/mol. The molecule has 1 aliphatic heterocycles. The summed E-state index contributed by atoms with van der Waals surface area (Å²) in [6.07, 6.45) is 4.22. The molecule has 1 unspecified atom stereocenters. The van der Waals surface area contributed by atoms with Crippen molar-refractivity contribution in [3.05, 3.63) is 60.6 Å². The van der Waals surface area contributed by atoms with Gasteiger partial charge < -0.3 is 15.5 Å². The summed E-state index contributed by atoms with van der Waals surface area (Å²) in [5.74, 6) is -0.303. The van der Waals surface area contributed by atoms with Crippen LogP contribution in [0.25, 0.3) is 10.9 Å². The number of fused-ring (bicyclic) bond motifs is 1. The zero-order chi connectivity index (χ0) is 19.5. The minimum absolute atomic E-state index is 0.0228. The summed E-state index contributed by atoms with van der Waals surface area (Å²) in [6.45, 7) is 3.07. The first-order chi connectivity index (χ1) is 13.6. The quantitative estimate of drug-likeness (QED) is 0.732. The molecular weight excluding hydrogens is 354 g/mol. The standard InChI is InChI=1S/C21H21N5O2/c1-14(27)24-16-8-11-26(13-16)17-7-10-22-19(12-17)21(28)25-18-6-2-4-15-5-3-9-23-20(15)18/h2-7,9-10,12,16H,8,11,13H2,1H3,(H,24,27)(H,25,28). The molecular formula is C21H21N5O2. The summed E-state index contributed by atoms with van der Waals surface area (Å²) < 4.78 is 0. The molecule has 3 aromatic rings. The molecule has 142 valence electrons. The highest BCUT2D eigenvalue weighted by atomic mass is 16.2. The van der Waals surface area contributed by atoms with E-state index in [0.29, 0.717) is 11.4 Å². The monoisotopic (exact) mass is 375 g/mol. The van der Waals surface area contributed by atoms with Gasteiger partial charge in [-0.05, 0) is 30.7 Å². The van der Waals surface area contributed by atoms with Crippen LogP contribution in [0.1, 0.15) is 23.8 Å². The Morgan fingerprint density at radius 3 is 2.82 bits per heavy atom. The Bertz CT molecular complexity index is 1030. The molecule has 7 heteroatoms. The summed E-state index contributed by atoms with van der Waals surface area (Å²) in [4.78, 5) is 34.8. The van der Waals surface area contributed by atoms with Crippen molar-refractivity contribution in [2.45, 2.75) is 19.4 Å². The largest absolute Gasteiger partial charge is 0.369 e. The van der Waals surface area contributed by atoms with Crippen LogP contribution in [0.2, 0.25) is 0 Å². The van der Waals surface area contributed by atoms with Crippen molar-refractivity contribution >= 4 is 34.1 Å². The molecule has 2 amide bonds. The number of rotatable bonds is 4. The van der Waals surface area contributed by atoms with Gasteiger partial charge in [0.1, 0.15) is 5.69 Å². The molecule has 2 N–H and O–H groups in total. The zero-order valence-electron chi connectivity index (χ0n) is 15.6. The second kappa shape index (κ2) is 7.64. The fraction of sp³-hybridized carbons (Fsp3) is 0.238. The van der Waals surface area contributed by atoms with Crippen molar-refractivity contribution in [3.8, 4) is 0 Å². The van der Waals surface area contributed by atoms with Crippen molar-refractivity contribution in [1.82, 2.24) is 15.3 Å². The number of carbonyl (C=O) groups is 2. The summed E-state index contributed by atoms with van der Waals surface area (Å²) >= 11 is 0. The van der Waals surface area contributed by atoms with Crippen molar-refractivity contribution in [3.63, 3.8) is 0 Å². The van der Waals surface area contributed by atoms with Gasteiger partial charge in [-0.15, -0.1) is 0 Å². The van der Waals surface area contributed by atoms with Crippen LogP contribution in [-0.2, 0) is 4.79 Å². The van der Waals surface area contributed by atoms with Crippen LogP contribution < -0.4 is 15.5 Å². The number of nitrogens with zero attached hydrogens (tertiary/aromatic N) is 3. The molecule has 7 nitrogen and oxygen atoms in total. The van der Waals surface area contributed by atoms with Gasteiger partial charge in [0, 0.05) is 49.5 Å². The van der Waals surface area contributed by atoms with Crippen molar-refractivity contribution in [2.24, 2.45) is 0 Å². The van der Waals surface area contributed by atoms with Crippen LogP contribution in [0.3, 0.4) is 0 Å². The van der Waals surface area contributed by atoms with E-state index in [-0.39, 0.29) is 17.9 Å². The topological polar surface area (TPSA) is 87.2 Å². The highest BCUT2D eigenvalue weighted by Crippen LogP contribution is 2.23. The number of anilines is 2. The van der Waals surface area contributed by atoms with Crippen molar-refractivity contribution < 1.29 is 9.59 Å². The van der Waals surface area contributed by atoms with Gasteiger partial charge in [-0.2, -0.15) is 0 Å². The predicted octanol–water partition coefficient (Wildman–Crippen LogP) is 2.60. The fourth-order valence-electron chi connectivity index (χ4n) is 3.53. The molecule has 1 atom stereocenters. The maximum atomic E-state index is 12.8. The SMILES string of the molecule is CC(=O)NC1CCN(c2ccnc(C(=O)Nc3cccc4cccnc34)c2)C1. The van der Waals surface area contributed by atoms with Crippen molar-refractivity contribution in [2.75, 3.05) is 23.3 Å². The minimum Gasteiger partial charge on any atom is -0.369 e. The van der Waals surface area contributed by atoms with Gasteiger partial charge in [0.25, 0.3) is 5.91 Å². The number of hydrogen-bond donors (Lipinski definition) is 2. The van der Waals surface area contributed by atoms with Gasteiger partial charge in [-0.3, -0.25) is 19.6 Å². The van der Waals surface area contributed by atoms with E-state index < -0.39 is 0 Å². The Kier molecular flexibility index (Phi) is 4.89. The first kappa shape index (κ1) is 17.9. The van der Waals surface area contributed by atoms with E-state index in [0.717, 1.165) is 36.1 Å². The zero-order valence-corrected chi connectivity index (χ0v) is 15.6. The van der Waals surface area contributed by atoms with E-state index in [9.17, 15) is 9.59 Å². The van der Waals surface area contributed by atoms with E-state index in [2.05, 4.69) is 25.5 Å². The van der Waals surface area contributed by atoms with Crippen LogP contribution in [0, 0.1) is 0 Å². The summed E-state index contributed by atoms with van der Waals surface area (Å²) in [5, 5.41) is 6.82. The number of amides is 2. The molecule has 2 aromatic heterocycles. The van der Waals surface area contributed by atoms with Gasteiger partial charge in [0.15, 0.2) is 0 Å². The number of carbonyl (C=O) groups excluding carboxylic acids is 2. The average molecular weight is 375 g/mol. The van der Waals surface area contributed by atoms with E-state index in [1.807, 2.05) is 36.4 Å². The highest BCUT2D eigenvalue weighted by Gasteiger charge is 2.24. The van der Waals surface area contributed by atoms with E-state index in [1.165, 1.54) is 6.92 Å². The maximum absolute atomic E-state index is 12.8. The number of aromatic nitrogens is 2. The lowest BCUT2D eigenvalue weighted by Crippen LogP contribution is -2.35. The van der Waals surface area contributed by atoms with Gasteiger partial charge in [0.05, 0.1) is 11.2 Å². The molecule has 0 radical (unpaired) electrons. The normalized spacial score (nSPS) is 16.2. The molecule has 0 aliphatic carbocycles. The summed E-state index contributed by atoms with van der Waals surface area (Å²) in [5.41, 5.74) is 2.66. The van der Waals surface area contributed by atoms with Gasteiger partial charge in [-0.25, -0.2) is 0 Å². The van der Waals surface area contributed by atoms with Crippen LogP contribution >= 0.6 is 0 Å². The second-order valence-corrected chi connectivity index (χ2v) is 6.87. The maximum Gasteiger partial charge on any atom is 0.274 e. The van der Waals surface area contributed by atoms with Gasteiger partial charge >= 0.3 is 0 Å². The second-order valence-electron chi connectivity index (χ2n) is 6.87. The Morgan fingerprint density at radius 2 is 1.96 bits per heavy atom. The third-order valence-electron chi connectivity index (χ3n) is 4.82. The molecule has 1 aliphatic rings. The molecule has 0 spiro atoms. The van der Waals surface area contributed by atoms with Crippen LogP contribution in [0.4, 0.5) is 11.4 Å². The molecule has 0 saturated carbocycles. The van der Waals surface area contributed by atoms with Gasteiger partial charge in [-0.1, -0.05) is 18.2 Å². The molecule has 1 fully saturated rings. The number of benzene rings is 1. The van der Waals surface area contributed by atoms with Gasteiger partial charge in [0.2, 0.25) is 5.91 Å². The molecule has 0 bridgehead atoms. The summed E-state index contributed by atoms with van der Waals surface area (Å²) in [7, 11) is 0. The van der Waals surface area contributed by atoms with E-state index in [4.69, 9.17) is 0 Å². The number of nitrogens with one attached hydrogen (secondary N) is 2. The van der Waals surface area contributed by atoms with E-state index >= 15 is 0 Å². The van der Waals surface area contributed by atoms with Crippen LogP contribution in [0.15, 0.2) is 54.9 Å². The fourth-order valence-corrected chi connectivity index (χ4v) is 3.53. The first-order valence-corrected chi connectivity index (χ1v) is 9.23. The number of pyridine rings is 2. The first-order valence-electron chi connectivity index (χ1n) is 9.23. The smallest absolute Gasteiger partial charge is 0.274 e. The Morgan fingerprint density at radius 1 is 1.11 bits per heavy atom. The van der Waals surface area contributed by atoms with Crippen LogP contribution in [0.5, 0.6) is 0 Å². The number of para-hydroxylation sites is 1. The lowest BCUT2D eigenvalue weighted by molar-refractivity contribution is -0.119. The Hall–Kier alpha value is -3.48. The summed E-state index contributed by atoms with van der Waals surface area (Å²) in [6, 6.07) is 13.3. The third kappa shape index (κ3) is 3.78. The third-order valence-corrected chi connectivity index (χ3v) is 4.82. The molecule has 28 heavy (non-hydrogen) atoms. The molecule has 4 rings (SSSR count). The molecule has 3 heterocycles. The average Bonchev–Trinajstić information content (AvgIpc) is 3.16. The molecule has 1 saturated heterocycles. The lowest BCUT2D eigenvalue weighted by atomic mass is 10.2. The molecule has 1 aromatic carbocycles. The Labute approximate surface area is 162 Å². The lowest BCUT2D eigenvalue weighted by Gasteiger charge is -2.19. The minimum atomic E-state index is -0.280. The van der Waals surface area contributed by atoms with Crippen LogP contribution in [-0.4, -0.2) is 40.9 Å². The number of hydrogen-bond acceptors (Lipinski definition) is 5. The van der Waals surface area contributed by atoms with Crippen molar-refractivity contribution in [1.29, 1.82) is 0 Å². The Balaban J connectivity index is 1.51. The highest BCUT2D eigenvalue weighted by molar-refractivity contribution is 6.07. The van der Waals surface area contributed by atoms with E-state index in [1.54, 1.807) is 18.5 Å².